The molecule has 1 fully saturated rings. The lowest BCUT2D eigenvalue weighted by Gasteiger charge is -2.35. The minimum Gasteiger partial charge on any atom is -0.339 e. The number of hydrogen-bond acceptors (Lipinski definition) is 4. The molecule has 0 aliphatic carbocycles. The van der Waals surface area contributed by atoms with Gasteiger partial charge in [0, 0.05) is 33.1 Å². The van der Waals surface area contributed by atoms with E-state index in [9.17, 15) is 18.0 Å². The first-order chi connectivity index (χ1) is 11.2. The molecule has 0 aromatic heterocycles. The Labute approximate surface area is 142 Å². The maximum absolute atomic E-state index is 12.5. The van der Waals surface area contributed by atoms with E-state index in [-0.39, 0.29) is 18.4 Å². The lowest BCUT2D eigenvalue weighted by molar-refractivity contribution is -0.137. The molecule has 24 heavy (non-hydrogen) atoms. The molecule has 1 aromatic carbocycles. The Hall–Kier alpha value is -2.09. The van der Waals surface area contributed by atoms with Crippen LogP contribution in [0.5, 0.6) is 0 Å². The molecule has 1 heterocycles. The monoisotopic (exact) mass is 353 g/mol. The number of amides is 2. The second-order valence-electron chi connectivity index (χ2n) is 5.99. The van der Waals surface area contributed by atoms with E-state index in [0.29, 0.717) is 31.9 Å². The van der Waals surface area contributed by atoms with E-state index in [1.165, 1.54) is 6.92 Å². The number of carbonyl (C=O) groups excluding carboxylic acids is 2. The summed E-state index contributed by atoms with van der Waals surface area (Å²) < 4.78 is 25.3. The van der Waals surface area contributed by atoms with Crippen molar-refractivity contribution in [2.45, 2.75) is 13.8 Å². The first kappa shape index (κ1) is 18.3. The summed E-state index contributed by atoms with van der Waals surface area (Å²) in [5.41, 5.74) is 1.48. The highest BCUT2D eigenvalue weighted by atomic mass is 32.2. The minimum absolute atomic E-state index is 0.0143. The third-order valence-corrected chi connectivity index (χ3v) is 5.22. The third-order valence-electron chi connectivity index (χ3n) is 4.08. The number of rotatable bonds is 4. The molecule has 132 valence electrons. The molecule has 0 atom stereocenters. The molecule has 1 aromatic rings. The van der Waals surface area contributed by atoms with Gasteiger partial charge in [-0.15, -0.1) is 0 Å². The first-order valence-corrected chi connectivity index (χ1v) is 9.61. The summed E-state index contributed by atoms with van der Waals surface area (Å²) in [6.45, 7) is 4.97. The fourth-order valence-corrected chi connectivity index (χ4v) is 3.45. The van der Waals surface area contributed by atoms with Crippen molar-refractivity contribution in [2.75, 3.05) is 43.3 Å². The van der Waals surface area contributed by atoms with Crippen molar-refractivity contribution in [2.24, 2.45) is 0 Å². The normalized spacial score (nSPS) is 15.3. The van der Waals surface area contributed by atoms with Gasteiger partial charge in [-0.25, -0.2) is 8.42 Å². The third kappa shape index (κ3) is 4.47. The molecule has 0 bridgehead atoms. The van der Waals surface area contributed by atoms with Gasteiger partial charge < -0.3 is 9.80 Å². The Morgan fingerprint density at radius 3 is 2.00 bits per heavy atom. The number of sulfonamides is 1. The minimum atomic E-state index is -3.57. The van der Waals surface area contributed by atoms with Crippen LogP contribution in [0.25, 0.3) is 0 Å². The van der Waals surface area contributed by atoms with Gasteiger partial charge in [0.25, 0.3) is 0 Å². The van der Waals surface area contributed by atoms with Gasteiger partial charge in [0.15, 0.2) is 0 Å². The van der Waals surface area contributed by atoms with Crippen LogP contribution in [0.15, 0.2) is 24.3 Å². The number of aryl methyl sites for hydroxylation is 1. The fourth-order valence-electron chi connectivity index (χ4n) is 2.60. The van der Waals surface area contributed by atoms with Crippen LogP contribution in [-0.4, -0.2) is 69.0 Å². The standard InChI is InChI=1S/C16H23N3O4S/c1-13-4-6-15(7-5-13)19(24(3,22)23)12-16(21)18-10-8-17(9-11-18)14(2)20/h4-7H,8-12H2,1-3H3. The number of carbonyl (C=O) groups is 2. The number of benzene rings is 1. The second-order valence-corrected chi connectivity index (χ2v) is 7.90. The van der Waals surface area contributed by atoms with Gasteiger partial charge in [0.05, 0.1) is 11.9 Å². The van der Waals surface area contributed by atoms with Gasteiger partial charge >= 0.3 is 0 Å². The van der Waals surface area contributed by atoms with Crippen molar-refractivity contribution in [3.05, 3.63) is 29.8 Å². The van der Waals surface area contributed by atoms with Crippen LogP contribution in [-0.2, 0) is 19.6 Å². The van der Waals surface area contributed by atoms with Gasteiger partial charge in [0.1, 0.15) is 6.54 Å². The molecule has 0 unspecified atom stereocenters. The van der Waals surface area contributed by atoms with Crippen LogP contribution in [0.2, 0.25) is 0 Å². The van der Waals surface area contributed by atoms with Crippen LogP contribution in [0.4, 0.5) is 5.69 Å². The molecular formula is C16H23N3O4S. The van der Waals surface area contributed by atoms with Crippen molar-refractivity contribution in [3.63, 3.8) is 0 Å². The van der Waals surface area contributed by atoms with Crippen molar-refractivity contribution in [3.8, 4) is 0 Å². The lowest BCUT2D eigenvalue weighted by Crippen LogP contribution is -2.52. The zero-order valence-electron chi connectivity index (χ0n) is 14.2. The largest absolute Gasteiger partial charge is 0.339 e. The molecule has 0 saturated carbocycles. The maximum Gasteiger partial charge on any atom is 0.243 e. The van der Waals surface area contributed by atoms with Crippen LogP contribution in [0.1, 0.15) is 12.5 Å². The van der Waals surface area contributed by atoms with Crippen LogP contribution in [0, 0.1) is 6.92 Å². The highest BCUT2D eigenvalue weighted by Crippen LogP contribution is 2.18. The highest BCUT2D eigenvalue weighted by molar-refractivity contribution is 7.92. The molecule has 1 saturated heterocycles. The van der Waals surface area contributed by atoms with E-state index in [1.807, 2.05) is 19.1 Å². The quantitative estimate of drug-likeness (QED) is 0.787. The number of anilines is 1. The number of piperazine rings is 1. The Bertz CT molecular complexity index is 707. The van der Waals surface area contributed by atoms with E-state index >= 15 is 0 Å². The molecule has 8 heteroatoms. The van der Waals surface area contributed by atoms with E-state index in [4.69, 9.17) is 0 Å². The zero-order valence-corrected chi connectivity index (χ0v) is 15.0. The molecule has 0 radical (unpaired) electrons. The van der Waals surface area contributed by atoms with E-state index in [2.05, 4.69) is 0 Å². The topological polar surface area (TPSA) is 78.0 Å². The predicted octanol–water partition coefficient (Wildman–Crippen LogP) is 0.452. The van der Waals surface area contributed by atoms with Crippen LogP contribution < -0.4 is 4.31 Å². The Morgan fingerprint density at radius 2 is 1.54 bits per heavy atom. The maximum atomic E-state index is 12.5. The van der Waals surface area contributed by atoms with E-state index in [1.54, 1.807) is 21.9 Å². The second kappa shape index (κ2) is 7.21. The van der Waals surface area contributed by atoms with E-state index < -0.39 is 10.0 Å². The Morgan fingerprint density at radius 1 is 1.04 bits per heavy atom. The van der Waals surface area contributed by atoms with Gasteiger partial charge in [0.2, 0.25) is 21.8 Å². The molecule has 7 nitrogen and oxygen atoms in total. The van der Waals surface area contributed by atoms with Crippen LogP contribution in [0.3, 0.4) is 0 Å². The van der Waals surface area contributed by atoms with Crippen LogP contribution >= 0.6 is 0 Å². The Kier molecular flexibility index (Phi) is 5.48. The summed E-state index contributed by atoms with van der Waals surface area (Å²) in [5.74, 6) is -0.274. The van der Waals surface area contributed by atoms with Gasteiger partial charge in [-0.2, -0.15) is 0 Å². The highest BCUT2D eigenvalue weighted by Gasteiger charge is 2.27. The van der Waals surface area contributed by atoms with Gasteiger partial charge in [-0.05, 0) is 19.1 Å². The fraction of sp³-hybridized carbons (Fsp3) is 0.500. The summed E-state index contributed by atoms with van der Waals surface area (Å²) in [6, 6.07) is 7.00. The average molecular weight is 353 g/mol. The summed E-state index contributed by atoms with van der Waals surface area (Å²) >= 11 is 0. The number of hydrogen-bond donors (Lipinski definition) is 0. The molecule has 1 aliphatic rings. The summed E-state index contributed by atoms with van der Waals surface area (Å²) in [6.07, 6.45) is 1.09. The van der Waals surface area contributed by atoms with E-state index in [0.717, 1.165) is 16.1 Å². The van der Waals surface area contributed by atoms with Crippen molar-refractivity contribution in [1.29, 1.82) is 0 Å². The zero-order chi connectivity index (χ0) is 17.9. The molecule has 2 rings (SSSR count). The average Bonchev–Trinajstić information content (AvgIpc) is 2.52. The molecule has 1 aliphatic heterocycles. The lowest BCUT2D eigenvalue weighted by atomic mass is 10.2. The summed E-state index contributed by atoms with van der Waals surface area (Å²) in [4.78, 5) is 27.1. The smallest absolute Gasteiger partial charge is 0.243 e. The molecular weight excluding hydrogens is 330 g/mol. The van der Waals surface area contributed by atoms with Gasteiger partial charge in [-0.3, -0.25) is 13.9 Å². The van der Waals surface area contributed by atoms with Crippen molar-refractivity contribution in [1.82, 2.24) is 9.80 Å². The first-order valence-electron chi connectivity index (χ1n) is 7.76. The molecule has 2 amide bonds. The summed E-state index contributed by atoms with van der Waals surface area (Å²) in [5, 5.41) is 0. The molecule has 0 N–H and O–H groups in total. The Balaban J connectivity index is 2.09. The number of nitrogens with zero attached hydrogens (tertiary/aromatic N) is 3. The van der Waals surface area contributed by atoms with Gasteiger partial charge in [-0.1, -0.05) is 17.7 Å². The summed E-state index contributed by atoms with van der Waals surface area (Å²) in [7, 11) is -3.57. The molecule has 0 spiro atoms. The van der Waals surface area contributed by atoms with Crippen molar-refractivity contribution < 1.29 is 18.0 Å². The predicted molar refractivity (Wildman–Crippen MR) is 92.2 cm³/mol. The van der Waals surface area contributed by atoms with Crippen molar-refractivity contribution >= 4 is 27.5 Å². The SMILES string of the molecule is CC(=O)N1CCN(C(=O)CN(c2ccc(C)cc2)S(C)(=O)=O)CC1.